The van der Waals surface area contributed by atoms with Crippen LogP contribution in [0.4, 0.5) is 4.39 Å². The lowest BCUT2D eigenvalue weighted by atomic mass is 9.99. The van der Waals surface area contributed by atoms with Gasteiger partial charge >= 0.3 is 0 Å². The van der Waals surface area contributed by atoms with Crippen molar-refractivity contribution >= 4 is 21.4 Å². The van der Waals surface area contributed by atoms with Crippen LogP contribution in [0.25, 0.3) is 0 Å². The lowest BCUT2D eigenvalue weighted by Gasteiger charge is -2.30. The topological polar surface area (TPSA) is 50.3 Å². The molecule has 7 heteroatoms. The van der Waals surface area contributed by atoms with Crippen LogP contribution < -0.4 is 0 Å². The molecule has 0 radical (unpaired) electrons. The van der Waals surface area contributed by atoms with Crippen molar-refractivity contribution in [2.75, 3.05) is 13.1 Å². The lowest BCUT2D eigenvalue weighted by Crippen LogP contribution is -2.38. The van der Waals surface area contributed by atoms with Crippen LogP contribution in [0.1, 0.15) is 29.3 Å². The number of benzene rings is 1. The summed E-state index contributed by atoms with van der Waals surface area (Å²) in [6.45, 7) is 2.57. The fourth-order valence-electron chi connectivity index (χ4n) is 2.82. The number of hydrogen-bond donors (Lipinski definition) is 0. The first kappa shape index (κ1) is 15.6. The molecule has 0 saturated carbocycles. The minimum absolute atomic E-state index is 0.196. The van der Waals surface area contributed by atoms with Crippen LogP contribution in [0.15, 0.2) is 34.7 Å². The zero-order chi connectivity index (χ0) is 15.7. The van der Waals surface area contributed by atoms with Gasteiger partial charge in [0.05, 0.1) is 9.90 Å². The molecule has 1 aromatic carbocycles. The summed E-state index contributed by atoms with van der Waals surface area (Å²) in [4.78, 5) is 4.51. The van der Waals surface area contributed by atoms with Gasteiger partial charge in [-0.25, -0.2) is 17.8 Å². The fraction of sp³-hybridized carbons (Fsp3) is 0.400. The first-order valence-corrected chi connectivity index (χ1v) is 9.46. The highest BCUT2D eigenvalue weighted by atomic mass is 32.2. The first-order valence-electron chi connectivity index (χ1n) is 7.14. The van der Waals surface area contributed by atoms with Crippen LogP contribution in [-0.2, 0) is 10.0 Å². The number of rotatable bonds is 3. The Kier molecular flexibility index (Phi) is 4.29. The summed E-state index contributed by atoms with van der Waals surface area (Å²) in [6.07, 6.45) is 3.32. The van der Waals surface area contributed by atoms with Gasteiger partial charge in [0, 0.05) is 30.6 Å². The van der Waals surface area contributed by atoms with E-state index < -0.39 is 15.8 Å². The number of piperidine rings is 1. The quantitative estimate of drug-likeness (QED) is 0.862. The molecule has 0 bridgehead atoms. The number of thiazole rings is 1. The largest absolute Gasteiger partial charge is 0.249 e. The molecule has 118 valence electrons. The second-order valence-corrected chi connectivity index (χ2v) is 8.29. The van der Waals surface area contributed by atoms with E-state index in [4.69, 9.17) is 0 Å². The number of halogens is 1. The van der Waals surface area contributed by atoms with Crippen molar-refractivity contribution in [3.8, 4) is 0 Å². The van der Waals surface area contributed by atoms with Crippen LogP contribution in [0.5, 0.6) is 0 Å². The van der Waals surface area contributed by atoms with E-state index in [1.807, 2.05) is 5.38 Å². The molecule has 0 atom stereocenters. The SMILES string of the molecule is Cc1cc(F)ccc1S(=O)(=O)N1CCC(c2nccs2)CC1. The van der Waals surface area contributed by atoms with Crippen molar-refractivity contribution in [3.63, 3.8) is 0 Å². The maximum Gasteiger partial charge on any atom is 0.243 e. The molecule has 1 saturated heterocycles. The summed E-state index contributed by atoms with van der Waals surface area (Å²) in [5, 5.41) is 3.02. The van der Waals surface area contributed by atoms with Gasteiger partial charge in [-0.05, 0) is 43.5 Å². The van der Waals surface area contributed by atoms with Gasteiger partial charge in [0.2, 0.25) is 10.0 Å². The van der Waals surface area contributed by atoms with Gasteiger partial charge in [-0.2, -0.15) is 4.31 Å². The Bertz CT molecular complexity index is 752. The highest BCUT2D eigenvalue weighted by Crippen LogP contribution is 2.32. The first-order chi connectivity index (χ1) is 10.5. The molecule has 2 aromatic rings. The highest BCUT2D eigenvalue weighted by Gasteiger charge is 2.31. The Labute approximate surface area is 133 Å². The van der Waals surface area contributed by atoms with Gasteiger partial charge in [0.25, 0.3) is 0 Å². The maximum atomic E-state index is 13.2. The monoisotopic (exact) mass is 340 g/mol. The molecule has 1 aliphatic heterocycles. The number of hydrogen-bond acceptors (Lipinski definition) is 4. The van der Waals surface area contributed by atoms with Crippen LogP contribution in [0, 0.1) is 12.7 Å². The molecule has 1 aromatic heterocycles. The summed E-state index contributed by atoms with van der Waals surface area (Å²) in [5.41, 5.74) is 0.446. The maximum absolute atomic E-state index is 13.2. The standard InChI is InChI=1S/C15H17FN2O2S2/c1-11-10-13(16)2-3-14(11)22(19,20)18-7-4-12(5-8-18)15-17-6-9-21-15/h2-3,6,9-10,12H,4-5,7-8H2,1H3. The number of nitrogens with zero attached hydrogens (tertiary/aromatic N) is 2. The average Bonchev–Trinajstić information content (AvgIpc) is 3.01. The van der Waals surface area contributed by atoms with Crippen molar-refractivity contribution < 1.29 is 12.8 Å². The molecule has 22 heavy (non-hydrogen) atoms. The van der Waals surface area contributed by atoms with Gasteiger partial charge < -0.3 is 0 Å². The van der Waals surface area contributed by atoms with E-state index in [9.17, 15) is 12.8 Å². The Morgan fingerprint density at radius 3 is 2.64 bits per heavy atom. The Hall–Kier alpha value is -1.31. The fourth-order valence-corrected chi connectivity index (χ4v) is 5.31. The van der Waals surface area contributed by atoms with E-state index in [-0.39, 0.29) is 4.90 Å². The summed E-state index contributed by atoms with van der Waals surface area (Å²) in [6, 6.07) is 3.81. The minimum Gasteiger partial charge on any atom is -0.249 e. The van der Waals surface area contributed by atoms with Gasteiger partial charge in [-0.1, -0.05) is 0 Å². The van der Waals surface area contributed by atoms with Gasteiger partial charge in [0.15, 0.2) is 0 Å². The van der Waals surface area contributed by atoms with E-state index in [1.165, 1.54) is 22.5 Å². The second-order valence-electron chi connectivity index (χ2n) is 5.46. The van der Waals surface area contributed by atoms with Crippen molar-refractivity contribution in [3.05, 3.63) is 46.2 Å². The third kappa shape index (κ3) is 2.93. The van der Waals surface area contributed by atoms with E-state index in [2.05, 4.69) is 4.98 Å². The Morgan fingerprint density at radius 2 is 2.05 bits per heavy atom. The number of aryl methyl sites for hydroxylation is 1. The Morgan fingerprint density at radius 1 is 1.32 bits per heavy atom. The molecule has 1 fully saturated rings. The summed E-state index contributed by atoms with van der Waals surface area (Å²) in [7, 11) is -3.55. The van der Waals surface area contributed by atoms with Crippen molar-refractivity contribution in [2.24, 2.45) is 0 Å². The Balaban J connectivity index is 1.77. The lowest BCUT2D eigenvalue weighted by molar-refractivity contribution is 0.319. The van der Waals surface area contributed by atoms with E-state index >= 15 is 0 Å². The zero-order valence-electron chi connectivity index (χ0n) is 12.2. The molecule has 2 heterocycles. The zero-order valence-corrected chi connectivity index (χ0v) is 13.8. The molecular weight excluding hydrogens is 323 g/mol. The van der Waals surface area contributed by atoms with Gasteiger partial charge in [-0.15, -0.1) is 11.3 Å². The van der Waals surface area contributed by atoms with Crippen molar-refractivity contribution in [2.45, 2.75) is 30.6 Å². The van der Waals surface area contributed by atoms with Crippen LogP contribution in [0.2, 0.25) is 0 Å². The molecule has 0 aliphatic carbocycles. The summed E-state index contributed by atoms with van der Waals surface area (Å²) in [5.74, 6) is -0.0836. The van der Waals surface area contributed by atoms with E-state index in [0.29, 0.717) is 24.6 Å². The van der Waals surface area contributed by atoms with Crippen LogP contribution in [0.3, 0.4) is 0 Å². The van der Waals surface area contributed by atoms with Crippen LogP contribution >= 0.6 is 11.3 Å². The number of sulfonamides is 1. The molecule has 4 nitrogen and oxygen atoms in total. The molecule has 0 unspecified atom stereocenters. The predicted molar refractivity (Wildman–Crippen MR) is 84.0 cm³/mol. The van der Waals surface area contributed by atoms with Gasteiger partial charge in [-0.3, -0.25) is 0 Å². The third-order valence-corrected chi connectivity index (χ3v) is 7.01. The molecular formula is C15H17FN2O2S2. The summed E-state index contributed by atoms with van der Waals surface area (Å²) >= 11 is 1.62. The molecule has 0 amide bonds. The van der Waals surface area contributed by atoms with E-state index in [0.717, 1.165) is 17.8 Å². The van der Waals surface area contributed by atoms with Gasteiger partial charge in [0.1, 0.15) is 5.82 Å². The second kappa shape index (κ2) is 6.06. The molecule has 3 rings (SSSR count). The molecule has 0 spiro atoms. The minimum atomic E-state index is -3.55. The van der Waals surface area contributed by atoms with Crippen molar-refractivity contribution in [1.29, 1.82) is 0 Å². The predicted octanol–water partition coefficient (Wildman–Crippen LogP) is 3.16. The van der Waals surface area contributed by atoms with Crippen LogP contribution in [-0.4, -0.2) is 30.8 Å². The normalized spacial score (nSPS) is 17.7. The van der Waals surface area contributed by atoms with E-state index in [1.54, 1.807) is 24.5 Å². The molecule has 1 aliphatic rings. The highest BCUT2D eigenvalue weighted by molar-refractivity contribution is 7.89. The average molecular weight is 340 g/mol. The molecule has 0 N–H and O–H groups in total. The summed E-state index contributed by atoms with van der Waals surface area (Å²) < 4.78 is 40.1. The van der Waals surface area contributed by atoms with Crippen molar-refractivity contribution in [1.82, 2.24) is 9.29 Å². The smallest absolute Gasteiger partial charge is 0.243 e. The third-order valence-electron chi connectivity index (χ3n) is 4.01. The number of aromatic nitrogens is 1.